The summed E-state index contributed by atoms with van der Waals surface area (Å²) in [6.45, 7) is 2.73. The fourth-order valence-electron chi connectivity index (χ4n) is 2.80. The minimum absolute atomic E-state index is 0.257. The Labute approximate surface area is 144 Å². The maximum atomic E-state index is 12.5. The summed E-state index contributed by atoms with van der Waals surface area (Å²) in [5, 5.41) is 15.0. The van der Waals surface area contributed by atoms with E-state index in [9.17, 15) is 4.79 Å². The maximum absolute atomic E-state index is 12.5. The second-order valence-corrected chi connectivity index (χ2v) is 5.92. The van der Waals surface area contributed by atoms with Crippen LogP contribution in [-0.2, 0) is 6.54 Å². The van der Waals surface area contributed by atoms with Gasteiger partial charge in [-0.3, -0.25) is 14.6 Å². The lowest BCUT2D eigenvalue weighted by atomic mass is 10.1. The van der Waals surface area contributed by atoms with Gasteiger partial charge in [-0.2, -0.15) is 10.2 Å². The predicted molar refractivity (Wildman–Crippen MR) is 96.6 cm³/mol. The highest BCUT2D eigenvalue weighted by atomic mass is 16.2. The molecule has 4 rings (SSSR count). The molecule has 0 fully saturated rings. The SMILES string of the molecule is Cc1ccccc1Cn1cc(NC(=O)c2n[nH]c3ccccc23)cn1. The molecule has 0 radical (unpaired) electrons. The summed E-state index contributed by atoms with van der Waals surface area (Å²) in [6, 6.07) is 15.7. The zero-order valence-corrected chi connectivity index (χ0v) is 13.7. The molecule has 0 aliphatic carbocycles. The molecule has 0 unspecified atom stereocenters. The van der Waals surface area contributed by atoms with Crippen molar-refractivity contribution < 1.29 is 4.79 Å². The van der Waals surface area contributed by atoms with Crippen LogP contribution in [-0.4, -0.2) is 25.9 Å². The number of rotatable bonds is 4. The molecule has 1 amide bonds. The van der Waals surface area contributed by atoms with Crippen molar-refractivity contribution >= 4 is 22.5 Å². The number of nitrogens with zero attached hydrogens (tertiary/aromatic N) is 3. The molecule has 6 heteroatoms. The Morgan fingerprint density at radius 1 is 1.16 bits per heavy atom. The minimum atomic E-state index is -0.257. The Hall–Kier alpha value is -3.41. The monoisotopic (exact) mass is 331 g/mol. The predicted octanol–water partition coefficient (Wildman–Crippen LogP) is 3.37. The van der Waals surface area contributed by atoms with Crippen LogP contribution in [0.1, 0.15) is 21.6 Å². The number of aromatic nitrogens is 4. The number of carbonyl (C=O) groups excluding carboxylic acids is 1. The van der Waals surface area contributed by atoms with E-state index in [-0.39, 0.29) is 5.91 Å². The second kappa shape index (κ2) is 6.24. The van der Waals surface area contributed by atoms with Gasteiger partial charge in [0.25, 0.3) is 5.91 Å². The molecular formula is C19H17N5O. The van der Waals surface area contributed by atoms with Crippen LogP contribution < -0.4 is 5.32 Å². The number of anilines is 1. The van der Waals surface area contributed by atoms with Crippen molar-refractivity contribution in [2.45, 2.75) is 13.5 Å². The van der Waals surface area contributed by atoms with Gasteiger partial charge >= 0.3 is 0 Å². The summed E-state index contributed by atoms with van der Waals surface area (Å²) >= 11 is 0. The average molecular weight is 331 g/mol. The highest BCUT2D eigenvalue weighted by molar-refractivity contribution is 6.10. The number of aromatic amines is 1. The summed E-state index contributed by atoms with van der Waals surface area (Å²) in [5.41, 5.74) is 4.27. The number of carbonyl (C=O) groups is 1. The molecule has 0 spiro atoms. The molecule has 2 aromatic heterocycles. The standard InChI is InChI=1S/C19H17N5O/c1-13-6-2-3-7-14(13)11-24-12-15(10-20-24)21-19(25)18-16-8-4-5-9-17(16)22-23-18/h2-10,12H,11H2,1H3,(H,21,25)(H,22,23). The molecule has 0 aliphatic heterocycles. The number of benzene rings is 2. The first-order valence-electron chi connectivity index (χ1n) is 8.02. The van der Waals surface area contributed by atoms with Gasteiger partial charge in [-0.15, -0.1) is 0 Å². The summed E-state index contributed by atoms with van der Waals surface area (Å²) in [6.07, 6.45) is 3.46. The molecule has 0 saturated carbocycles. The third-order valence-electron chi connectivity index (χ3n) is 4.17. The van der Waals surface area contributed by atoms with Crippen LogP contribution in [0.25, 0.3) is 10.9 Å². The third-order valence-corrected chi connectivity index (χ3v) is 4.17. The largest absolute Gasteiger partial charge is 0.318 e. The van der Waals surface area contributed by atoms with Crippen LogP contribution in [0.3, 0.4) is 0 Å². The zero-order valence-electron chi connectivity index (χ0n) is 13.7. The first-order valence-corrected chi connectivity index (χ1v) is 8.02. The van der Waals surface area contributed by atoms with Gasteiger partial charge in [0.15, 0.2) is 5.69 Å². The van der Waals surface area contributed by atoms with Crippen LogP contribution in [0.2, 0.25) is 0 Å². The van der Waals surface area contributed by atoms with Crippen molar-refractivity contribution in [2.75, 3.05) is 5.32 Å². The fourth-order valence-corrected chi connectivity index (χ4v) is 2.80. The van der Waals surface area contributed by atoms with E-state index in [0.717, 1.165) is 10.9 Å². The Morgan fingerprint density at radius 3 is 2.84 bits per heavy atom. The Kier molecular flexibility index (Phi) is 3.78. The summed E-state index contributed by atoms with van der Waals surface area (Å²) in [4.78, 5) is 12.5. The first kappa shape index (κ1) is 15.1. The third kappa shape index (κ3) is 3.01. The molecule has 2 heterocycles. The van der Waals surface area contributed by atoms with E-state index in [4.69, 9.17) is 0 Å². The Morgan fingerprint density at radius 2 is 1.96 bits per heavy atom. The first-order chi connectivity index (χ1) is 12.2. The molecular weight excluding hydrogens is 314 g/mol. The number of amides is 1. The highest BCUT2D eigenvalue weighted by Crippen LogP contribution is 2.17. The lowest BCUT2D eigenvalue weighted by Gasteiger charge is -2.05. The van der Waals surface area contributed by atoms with E-state index in [2.05, 4.69) is 39.7 Å². The van der Waals surface area contributed by atoms with Crippen LogP contribution in [0.5, 0.6) is 0 Å². The molecule has 0 aliphatic rings. The van der Waals surface area contributed by atoms with Crippen molar-refractivity contribution in [1.29, 1.82) is 0 Å². The number of nitrogens with one attached hydrogen (secondary N) is 2. The topological polar surface area (TPSA) is 75.6 Å². The van der Waals surface area contributed by atoms with Crippen molar-refractivity contribution in [3.63, 3.8) is 0 Å². The van der Waals surface area contributed by atoms with Gasteiger partial charge in [0, 0.05) is 11.6 Å². The van der Waals surface area contributed by atoms with Gasteiger partial charge in [0.05, 0.1) is 23.9 Å². The van der Waals surface area contributed by atoms with Crippen LogP contribution >= 0.6 is 0 Å². The van der Waals surface area contributed by atoms with Crippen LogP contribution in [0.15, 0.2) is 60.9 Å². The van der Waals surface area contributed by atoms with Crippen molar-refractivity contribution in [1.82, 2.24) is 20.0 Å². The molecule has 25 heavy (non-hydrogen) atoms. The highest BCUT2D eigenvalue weighted by Gasteiger charge is 2.14. The summed E-state index contributed by atoms with van der Waals surface area (Å²) < 4.78 is 1.81. The van der Waals surface area contributed by atoms with E-state index in [1.165, 1.54) is 11.1 Å². The molecule has 2 N–H and O–H groups in total. The minimum Gasteiger partial charge on any atom is -0.318 e. The molecule has 2 aromatic carbocycles. The second-order valence-electron chi connectivity index (χ2n) is 5.92. The molecule has 0 saturated heterocycles. The normalized spacial score (nSPS) is 10.9. The van der Waals surface area contributed by atoms with Gasteiger partial charge in [0.2, 0.25) is 0 Å². The van der Waals surface area contributed by atoms with Gasteiger partial charge in [-0.25, -0.2) is 0 Å². The number of H-pyrrole nitrogens is 1. The molecule has 6 nitrogen and oxygen atoms in total. The molecule has 0 bridgehead atoms. The molecule has 0 atom stereocenters. The quantitative estimate of drug-likeness (QED) is 0.602. The Bertz CT molecular complexity index is 1050. The maximum Gasteiger partial charge on any atom is 0.276 e. The van der Waals surface area contributed by atoms with Crippen LogP contribution in [0.4, 0.5) is 5.69 Å². The number of hydrogen-bond donors (Lipinski definition) is 2. The number of para-hydroxylation sites is 1. The molecule has 124 valence electrons. The van der Waals surface area contributed by atoms with Crippen molar-refractivity contribution in [3.05, 3.63) is 77.7 Å². The number of fused-ring (bicyclic) bond motifs is 1. The summed E-state index contributed by atoms with van der Waals surface area (Å²) in [5.74, 6) is -0.257. The van der Waals surface area contributed by atoms with Gasteiger partial charge < -0.3 is 5.32 Å². The van der Waals surface area contributed by atoms with E-state index in [1.54, 1.807) is 10.9 Å². The number of hydrogen-bond acceptors (Lipinski definition) is 3. The lowest BCUT2D eigenvalue weighted by Crippen LogP contribution is -2.12. The zero-order chi connectivity index (χ0) is 17.2. The van der Waals surface area contributed by atoms with E-state index in [0.29, 0.717) is 17.9 Å². The van der Waals surface area contributed by atoms with Crippen LogP contribution in [0, 0.1) is 6.92 Å². The number of aryl methyl sites for hydroxylation is 1. The van der Waals surface area contributed by atoms with Gasteiger partial charge in [-0.05, 0) is 24.1 Å². The van der Waals surface area contributed by atoms with Crippen molar-refractivity contribution in [3.8, 4) is 0 Å². The Balaban J connectivity index is 1.51. The lowest BCUT2D eigenvalue weighted by molar-refractivity contribution is 0.102. The van der Waals surface area contributed by atoms with Crippen molar-refractivity contribution in [2.24, 2.45) is 0 Å². The summed E-state index contributed by atoms with van der Waals surface area (Å²) in [7, 11) is 0. The average Bonchev–Trinajstić information content (AvgIpc) is 3.23. The van der Waals surface area contributed by atoms with Gasteiger partial charge in [0.1, 0.15) is 0 Å². The van der Waals surface area contributed by atoms with E-state index < -0.39 is 0 Å². The van der Waals surface area contributed by atoms with Gasteiger partial charge in [-0.1, -0.05) is 42.5 Å². The molecule has 4 aromatic rings. The van der Waals surface area contributed by atoms with E-state index >= 15 is 0 Å². The smallest absolute Gasteiger partial charge is 0.276 e. The fraction of sp³-hybridized carbons (Fsp3) is 0.105. The van der Waals surface area contributed by atoms with E-state index in [1.807, 2.05) is 42.6 Å².